The minimum absolute atomic E-state index is 0.0324. The second-order valence-electron chi connectivity index (χ2n) is 5.23. The van der Waals surface area contributed by atoms with Crippen molar-refractivity contribution in [1.82, 2.24) is 9.97 Å². The Bertz CT molecular complexity index is 475. The molecule has 20 heavy (non-hydrogen) atoms. The highest BCUT2D eigenvalue weighted by Gasteiger charge is 2.26. The molecule has 7 nitrogen and oxygen atoms in total. The van der Waals surface area contributed by atoms with Crippen LogP contribution in [-0.2, 0) is 6.42 Å². The molecular weight excluding hydrogens is 260 g/mol. The van der Waals surface area contributed by atoms with E-state index in [2.05, 4.69) is 15.3 Å². The molecule has 0 aromatic carbocycles. The lowest BCUT2D eigenvalue weighted by atomic mass is 10.1. The van der Waals surface area contributed by atoms with Crippen LogP contribution in [0.4, 0.5) is 11.5 Å². The summed E-state index contributed by atoms with van der Waals surface area (Å²) in [6, 6.07) is 0.0324. The molecule has 112 valence electrons. The first-order valence-electron chi connectivity index (χ1n) is 6.79. The summed E-state index contributed by atoms with van der Waals surface area (Å²) in [6.07, 6.45) is 0.644. The number of anilines is 1. The standard InChI is InChI=1S/C13H22N4O3/c1-6-20-13-11(17(18)19)12(14-9(4)5)15-10(16-13)7-8(2)3/h8-9H,6-7H2,1-5H3,(H,14,15,16). The lowest BCUT2D eigenvalue weighted by Crippen LogP contribution is -2.16. The highest BCUT2D eigenvalue weighted by molar-refractivity contribution is 5.62. The van der Waals surface area contributed by atoms with Gasteiger partial charge in [-0.1, -0.05) is 13.8 Å². The molecule has 1 N–H and O–H groups in total. The van der Waals surface area contributed by atoms with Crippen molar-refractivity contribution >= 4 is 11.5 Å². The van der Waals surface area contributed by atoms with Gasteiger partial charge in [0.25, 0.3) is 5.88 Å². The van der Waals surface area contributed by atoms with Gasteiger partial charge in [0.15, 0.2) is 0 Å². The minimum atomic E-state index is -0.505. The maximum atomic E-state index is 11.2. The smallest absolute Gasteiger partial charge is 0.372 e. The normalized spacial score (nSPS) is 10.9. The monoisotopic (exact) mass is 282 g/mol. The van der Waals surface area contributed by atoms with Gasteiger partial charge < -0.3 is 10.1 Å². The Morgan fingerprint density at radius 2 is 1.95 bits per heavy atom. The van der Waals surface area contributed by atoms with Crippen molar-refractivity contribution in [2.24, 2.45) is 5.92 Å². The third kappa shape index (κ3) is 4.32. The highest BCUT2D eigenvalue weighted by Crippen LogP contribution is 2.32. The fourth-order valence-electron chi connectivity index (χ4n) is 1.71. The van der Waals surface area contributed by atoms with Crippen LogP contribution < -0.4 is 10.1 Å². The molecule has 7 heteroatoms. The predicted octanol–water partition coefficient (Wildman–Crippen LogP) is 2.80. The van der Waals surface area contributed by atoms with Crippen molar-refractivity contribution in [2.45, 2.75) is 47.1 Å². The van der Waals surface area contributed by atoms with Crippen molar-refractivity contribution in [3.63, 3.8) is 0 Å². The van der Waals surface area contributed by atoms with E-state index in [0.29, 0.717) is 24.8 Å². The fourth-order valence-corrected chi connectivity index (χ4v) is 1.71. The van der Waals surface area contributed by atoms with Crippen LogP contribution >= 0.6 is 0 Å². The molecule has 0 radical (unpaired) electrons. The second-order valence-corrected chi connectivity index (χ2v) is 5.23. The Morgan fingerprint density at radius 3 is 2.40 bits per heavy atom. The number of aromatic nitrogens is 2. The number of ether oxygens (including phenoxy) is 1. The third-order valence-corrected chi connectivity index (χ3v) is 2.38. The summed E-state index contributed by atoms with van der Waals surface area (Å²) in [5, 5.41) is 14.2. The maximum absolute atomic E-state index is 11.2. The molecule has 0 aliphatic rings. The summed E-state index contributed by atoms with van der Waals surface area (Å²) in [4.78, 5) is 19.2. The van der Waals surface area contributed by atoms with Crippen LogP contribution in [0.1, 0.15) is 40.4 Å². The lowest BCUT2D eigenvalue weighted by Gasteiger charge is -2.13. The van der Waals surface area contributed by atoms with Gasteiger partial charge in [0.1, 0.15) is 5.82 Å². The highest BCUT2D eigenvalue weighted by atomic mass is 16.6. The van der Waals surface area contributed by atoms with Gasteiger partial charge in [-0.3, -0.25) is 10.1 Å². The van der Waals surface area contributed by atoms with Gasteiger partial charge in [0.2, 0.25) is 5.82 Å². The molecule has 0 spiro atoms. The number of nitro groups is 1. The van der Waals surface area contributed by atoms with E-state index in [0.717, 1.165) is 0 Å². The molecule has 0 saturated heterocycles. The average molecular weight is 282 g/mol. The van der Waals surface area contributed by atoms with E-state index >= 15 is 0 Å². The van der Waals surface area contributed by atoms with Crippen LogP contribution in [-0.4, -0.2) is 27.5 Å². The molecule has 0 amide bonds. The summed E-state index contributed by atoms with van der Waals surface area (Å²) < 4.78 is 5.31. The molecule has 0 atom stereocenters. The van der Waals surface area contributed by atoms with E-state index < -0.39 is 4.92 Å². The molecule has 1 aromatic heterocycles. The van der Waals surface area contributed by atoms with Crippen molar-refractivity contribution in [2.75, 3.05) is 11.9 Å². The van der Waals surface area contributed by atoms with Crippen LogP contribution in [0.25, 0.3) is 0 Å². The number of hydrogen-bond acceptors (Lipinski definition) is 6. The molecule has 1 heterocycles. The summed E-state index contributed by atoms with van der Waals surface area (Å²) in [5.74, 6) is 1.17. The van der Waals surface area contributed by atoms with Crippen molar-refractivity contribution in [1.29, 1.82) is 0 Å². The number of nitrogens with zero attached hydrogens (tertiary/aromatic N) is 3. The van der Waals surface area contributed by atoms with Crippen molar-refractivity contribution in [3.05, 3.63) is 15.9 Å². The Labute approximate surface area is 118 Å². The quantitative estimate of drug-likeness (QED) is 0.611. The van der Waals surface area contributed by atoms with Crippen LogP contribution in [0, 0.1) is 16.0 Å². The summed E-state index contributed by atoms with van der Waals surface area (Å²) in [5.41, 5.74) is -0.201. The number of hydrogen-bond donors (Lipinski definition) is 1. The SMILES string of the molecule is CCOc1nc(CC(C)C)nc(NC(C)C)c1[N+](=O)[O-]. The molecule has 0 bridgehead atoms. The van der Waals surface area contributed by atoms with Gasteiger partial charge in [0, 0.05) is 12.5 Å². The molecular formula is C13H22N4O3. The van der Waals surface area contributed by atoms with E-state index in [1.165, 1.54) is 0 Å². The number of nitrogens with one attached hydrogen (secondary N) is 1. The predicted molar refractivity (Wildman–Crippen MR) is 77.2 cm³/mol. The molecule has 0 fully saturated rings. The van der Waals surface area contributed by atoms with E-state index in [1.54, 1.807) is 6.92 Å². The fraction of sp³-hybridized carbons (Fsp3) is 0.692. The maximum Gasteiger partial charge on any atom is 0.372 e. The van der Waals surface area contributed by atoms with Gasteiger partial charge in [-0.15, -0.1) is 0 Å². The molecule has 0 saturated carbocycles. The van der Waals surface area contributed by atoms with Gasteiger partial charge in [-0.2, -0.15) is 4.98 Å². The molecule has 0 aliphatic carbocycles. The van der Waals surface area contributed by atoms with Crippen molar-refractivity contribution < 1.29 is 9.66 Å². The summed E-state index contributed by atoms with van der Waals surface area (Å²) in [7, 11) is 0. The first-order valence-corrected chi connectivity index (χ1v) is 6.79. The van der Waals surface area contributed by atoms with Crippen LogP contribution in [0.5, 0.6) is 5.88 Å². The van der Waals surface area contributed by atoms with Crippen LogP contribution in [0.3, 0.4) is 0 Å². The van der Waals surface area contributed by atoms with Gasteiger partial charge in [-0.05, 0) is 26.7 Å². The average Bonchev–Trinajstić information content (AvgIpc) is 2.26. The van der Waals surface area contributed by atoms with Gasteiger partial charge >= 0.3 is 5.69 Å². The first kappa shape index (κ1) is 16.1. The topological polar surface area (TPSA) is 90.2 Å². The number of rotatable bonds is 7. The van der Waals surface area contributed by atoms with Gasteiger partial charge in [0.05, 0.1) is 11.5 Å². The first-order chi connectivity index (χ1) is 9.35. The largest absolute Gasteiger partial charge is 0.473 e. The van der Waals surface area contributed by atoms with E-state index in [4.69, 9.17) is 4.74 Å². The zero-order valence-electron chi connectivity index (χ0n) is 12.6. The zero-order valence-corrected chi connectivity index (χ0v) is 12.6. The van der Waals surface area contributed by atoms with E-state index in [1.807, 2.05) is 27.7 Å². The molecule has 0 unspecified atom stereocenters. The molecule has 0 aliphatic heterocycles. The van der Waals surface area contributed by atoms with E-state index in [-0.39, 0.29) is 23.4 Å². The zero-order chi connectivity index (χ0) is 15.3. The Morgan fingerprint density at radius 1 is 1.30 bits per heavy atom. The van der Waals surface area contributed by atoms with E-state index in [9.17, 15) is 10.1 Å². The van der Waals surface area contributed by atoms with Crippen LogP contribution in [0.15, 0.2) is 0 Å². The molecule has 1 rings (SSSR count). The Balaban J connectivity index is 3.33. The second kappa shape index (κ2) is 7.02. The van der Waals surface area contributed by atoms with Crippen LogP contribution in [0.2, 0.25) is 0 Å². The lowest BCUT2D eigenvalue weighted by molar-refractivity contribution is -0.385. The summed E-state index contributed by atoms with van der Waals surface area (Å²) in [6.45, 7) is 9.97. The Kier molecular flexibility index (Phi) is 5.66. The Hall–Kier alpha value is -1.92. The third-order valence-electron chi connectivity index (χ3n) is 2.38. The van der Waals surface area contributed by atoms with Gasteiger partial charge in [-0.25, -0.2) is 4.98 Å². The molecule has 1 aromatic rings. The van der Waals surface area contributed by atoms with Crippen molar-refractivity contribution in [3.8, 4) is 5.88 Å². The summed E-state index contributed by atoms with van der Waals surface area (Å²) >= 11 is 0. The minimum Gasteiger partial charge on any atom is -0.473 e.